The van der Waals surface area contributed by atoms with Gasteiger partial charge in [0, 0.05) is 11.1 Å². The van der Waals surface area contributed by atoms with Crippen molar-refractivity contribution in [2.45, 2.75) is 32.7 Å². The van der Waals surface area contributed by atoms with Gasteiger partial charge in [0.2, 0.25) is 0 Å². The third-order valence-corrected chi connectivity index (χ3v) is 6.83. The second-order valence-corrected chi connectivity index (χ2v) is 8.53. The highest BCUT2D eigenvalue weighted by Crippen LogP contribution is 2.41. The normalized spacial score (nSPS) is 16.9. The fourth-order valence-corrected chi connectivity index (χ4v) is 5.47. The van der Waals surface area contributed by atoms with Crippen LogP contribution < -0.4 is 10.1 Å². The van der Waals surface area contributed by atoms with Gasteiger partial charge in [-0.25, -0.2) is 9.97 Å². The van der Waals surface area contributed by atoms with Crippen LogP contribution in [0.4, 0.5) is 11.5 Å². The lowest BCUT2D eigenvalue weighted by Gasteiger charge is -2.21. The van der Waals surface area contributed by atoms with E-state index in [0.717, 1.165) is 51.4 Å². The lowest BCUT2D eigenvalue weighted by atomic mass is 9.88. The Morgan fingerprint density at radius 3 is 3.07 bits per heavy atom. The molecule has 0 amide bonds. The van der Waals surface area contributed by atoms with Crippen molar-refractivity contribution in [2.24, 2.45) is 10.9 Å². The summed E-state index contributed by atoms with van der Waals surface area (Å²) in [6.45, 7) is 2.95. The molecule has 1 aliphatic carbocycles. The minimum absolute atomic E-state index is 0.0778. The molecule has 154 valence electrons. The van der Waals surface area contributed by atoms with Crippen LogP contribution in [0.3, 0.4) is 0 Å². The van der Waals surface area contributed by atoms with E-state index in [1.54, 1.807) is 24.8 Å². The van der Waals surface area contributed by atoms with E-state index in [1.165, 1.54) is 10.4 Å². The molecular formula is C22H22N4O3S. The number of aryl methyl sites for hydroxylation is 1. The second kappa shape index (κ2) is 7.68. The van der Waals surface area contributed by atoms with Crippen molar-refractivity contribution in [3.63, 3.8) is 0 Å². The van der Waals surface area contributed by atoms with Gasteiger partial charge in [0.15, 0.2) is 0 Å². The summed E-state index contributed by atoms with van der Waals surface area (Å²) in [6, 6.07) is 4.07. The summed E-state index contributed by atoms with van der Waals surface area (Å²) in [5.74, 6) is 1.35. The molecule has 3 aromatic rings. The van der Waals surface area contributed by atoms with Crippen molar-refractivity contribution < 1.29 is 14.3 Å². The van der Waals surface area contributed by atoms with Gasteiger partial charge in [-0.05, 0) is 55.0 Å². The molecule has 0 spiro atoms. The topological polar surface area (TPSA) is 85.7 Å². The number of nitrogens with one attached hydrogen (secondary N) is 1. The molecule has 7 nitrogen and oxygen atoms in total. The fraction of sp³-hybridized carbons (Fsp3) is 0.364. The molecule has 2 aliphatic rings. The Hall–Kier alpha value is -3.00. The number of carbonyl (C=O) groups excluding carboxylic acids is 1. The number of aliphatic imine (C=N–C) groups is 1. The van der Waals surface area contributed by atoms with Crippen molar-refractivity contribution >= 4 is 45.2 Å². The number of carbonyl (C=O) groups is 1. The van der Waals surface area contributed by atoms with Gasteiger partial charge in [-0.15, -0.1) is 11.3 Å². The monoisotopic (exact) mass is 422 g/mol. The molecule has 1 atom stereocenters. The number of hydrogen-bond acceptors (Lipinski definition) is 8. The van der Waals surface area contributed by atoms with E-state index in [2.05, 4.69) is 20.3 Å². The summed E-state index contributed by atoms with van der Waals surface area (Å²) in [5.41, 5.74) is 4.33. The van der Waals surface area contributed by atoms with E-state index in [0.29, 0.717) is 19.6 Å². The van der Waals surface area contributed by atoms with Crippen LogP contribution in [0.1, 0.15) is 34.9 Å². The van der Waals surface area contributed by atoms with Gasteiger partial charge in [-0.2, -0.15) is 0 Å². The summed E-state index contributed by atoms with van der Waals surface area (Å²) < 4.78 is 10.8. The van der Waals surface area contributed by atoms with Crippen LogP contribution in [-0.2, 0) is 28.9 Å². The highest BCUT2D eigenvalue weighted by Gasteiger charge is 2.30. The van der Waals surface area contributed by atoms with Crippen molar-refractivity contribution in [2.75, 3.05) is 19.0 Å². The van der Waals surface area contributed by atoms with E-state index in [9.17, 15) is 4.79 Å². The molecular weight excluding hydrogens is 400 g/mol. The fourth-order valence-electron chi connectivity index (χ4n) is 4.20. The van der Waals surface area contributed by atoms with Crippen molar-refractivity contribution in [3.8, 4) is 5.75 Å². The first-order valence-corrected chi connectivity index (χ1v) is 10.9. The molecule has 0 saturated heterocycles. The molecule has 1 unspecified atom stereocenters. The summed E-state index contributed by atoms with van der Waals surface area (Å²) in [7, 11) is 1.67. The zero-order valence-electron chi connectivity index (χ0n) is 16.9. The molecule has 0 radical (unpaired) electrons. The minimum Gasteiger partial charge on any atom is -0.495 e. The number of aromatic nitrogens is 2. The van der Waals surface area contributed by atoms with Crippen LogP contribution in [-0.4, -0.2) is 35.9 Å². The van der Waals surface area contributed by atoms with Crippen LogP contribution in [0.5, 0.6) is 5.75 Å². The SMILES string of the molecule is CCOC(=O)C1CCc2c(sc3ncnc(Nc4cc5c(cc4OC)CN=C5)c23)C1. The molecule has 1 N–H and O–H groups in total. The number of rotatable bonds is 5. The number of nitrogens with zero attached hydrogens (tertiary/aromatic N) is 3. The first kappa shape index (κ1) is 19.0. The zero-order valence-corrected chi connectivity index (χ0v) is 17.7. The highest BCUT2D eigenvalue weighted by molar-refractivity contribution is 7.19. The van der Waals surface area contributed by atoms with Gasteiger partial charge < -0.3 is 14.8 Å². The maximum Gasteiger partial charge on any atom is 0.309 e. The number of thiophene rings is 1. The van der Waals surface area contributed by atoms with E-state index >= 15 is 0 Å². The Balaban J connectivity index is 1.52. The first-order chi connectivity index (χ1) is 14.7. The lowest BCUT2D eigenvalue weighted by molar-refractivity contribution is -0.148. The molecule has 1 aliphatic heterocycles. The molecule has 30 heavy (non-hydrogen) atoms. The van der Waals surface area contributed by atoms with Gasteiger partial charge in [-0.3, -0.25) is 9.79 Å². The van der Waals surface area contributed by atoms with Crippen LogP contribution in [0.15, 0.2) is 23.5 Å². The number of anilines is 2. The van der Waals surface area contributed by atoms with Gasteiger partial charge in [0.1, 0.15) is 22.7 Å². The van der Waals surface area contributed by atoms with E-state index in [1.807, 2.05) is 25.3 Å². The molecule has 0 saturated carbocycles. The van der Waals surface area contributed by atoms with E-state index in [-0.39, 0.29) is 11.9 Å². The standard InChI is InChI=1S/C22H22N4O3S/c1-3-29-22(27)12-4-5-15-18(8-12)30-21-19(15)20(24-11-25-21)26-16-6-13-9-23-10-14(13)7-17(16)28-2/h6-7,9,11-12H,3-5,8,10H2,1-2H3,(H,24,25,26). The molecule has 1 aromatic carbocycles. The van der Waals surface area contributed by atoms with E-state index in [4.69, 9.17) is 9.47 Å². The Kier molecular flexibility index (Phi) is 4.86. The van der Waals surface area contributed by atoms with Crippen molar-refractivity contribution in [1.82, 2.24) is 9.97 Å². The van der Waals surface area contributed by atoms with Crippen LogP contribution in [0.2, 0.25) is 0 Å². The van der Waals surface area contributed by atoms with Gasteiger partial charge in [0.25, 0.3) is 0 Å². The molecule has 5 rings (SSSR count). The number of fused-ring (bicyclic) bond motifs is 4. The molecule has 2 aromatic heterocycles. The third kappa shape index (κ3) is 3.21. The Bertz CT molecular complexity index is 1170. The number of benzene rings is 1. The lowest BCUT2D eigenvalue weighted by Crippen LogP contribution is -2.23. The van der Waals surface area contributed by atoms with E-state index < -0.39 is 0 Å². The summed E-state index contributed by atoms with van der Waals surface area (Å²) in [5, 5.41) is 4.50. The maximum absolute atomic E-state index is 12.2. The predicted molar refractivity (Wildman–Crippen MR) is 117 cm³/mol. The van der Waals surface area contributed by atoms with Gasteiger partial charge in [0.05, 0.1) is 37.3 Å². The smallest absolute Gasteiger partial charge is 0.309 e. The van der Waals surface area contributed by atoms with Crippen LogP contribution >= 0.6 is 11.3 Å². The number of esters is 1. The largest absolute Gasteiger partial charge is 0.495 e. The molecule has 0 fully saturated rings. The Morgan fingerprint density at radius 1 is 1.33 bits per heavy atom. The molecule has 8 heteroatoms. The number of ether oxygens (including phenoxy) is 2. The quantitative estimate of drug-likeness (QED) is 0.625. The second-order valence-electron chi connectivity index (χ2n) is 7.44. The average Bonchev–Trinajstić information content (AvgIpc) is 3.36. The summed E-state index contributed by atoms with van der Waals surface area (Å²) >= 11 is 1.64. The third-order valence-electron chi connectivity index (χ3n) is 5.67. The number of hydrogen-bond donors (Lipinski definition) is 1. The average molecular weight is 423 g/mol. The van der Waals surface area contributed by atoms with Gasteiger partial charge in [-0.1, -0.05) is 0 Å². The Labute approximate surface area is 178 Å². The summed E-state index contributed by atoms with van der Waals surface area (Å²) in [4.78, 5) is 27.7. The minimum atomic E-state index is -0.102. The number of methoxy groups -OCH3 is 1. The van der Waals surface area contributed by atoms with Crippen LogP contribution in [0.25, 0.3) is 10.2 Å². The molecule has 3 heterocycles. The molecule has 0 bridgehead atoms. The van der Waals surface area contributed by atoms with Crippen molar-refractivity contribution in [3.05, 3.63) is 40.0 Å². The van der Waals surface area contributed by atoms with Gasteiger partial charge >= 0.3 is 5.97 Å². The maximum atomic E-state index is 12.2. The Morgan fingerprint density at radius 2 is 2.23 bits per heavy atom. The highest BCUT2D eigenvalue weighted by atomic mass is 32.1. The van der Waals surface area contributed by atoms with Crippen LogP contribution in [0, 0.1) is 5.92 Å². The summed E-state index contributed by atoms with van der Waals surface area (Å²) in [6.07, 6.45) is 5.76. The first-order valence-electron chi connectivity index (χ1n) is 10.1. The predicted octanol–water partition coefficient (Wildman–Crippen LogP) is 4.04. The van der Waals surface area contributed by atoms with Crippen molar-refractivity contribution in [1.29, 1.82) is 0 Å². The zero-order chi connectivity index (χ0) is 20.7.